The maximum Gasteiger partial charge on any atom is 0.288 e. The molecule has 0 aliphatic carbocycles. The Morgan fingerprint density at radius 3 is 2.62 bits per heavy atom. The summed E-state index contributed by atoms with van der Waals surface area (Å²) in [6.07, 6.45) is 0.964. The third-order valence-corrected chi connectivity index (χ3v) is 3.32. The number of nitrogens with zero attached hydrogens (tertiary/aromatic N) is 2. The highest BCUT2D eigenvalue weighted by Gasteiger charge is 2.18. The van der Waals surface area contributed by atoms with Gasteiger partial charge in [-0.15, -0.1) is 0 Å². The fourth-order valence-corrected chi connectivity index (χ4v) is 2.01. The largest absolute Gasteiger partial charge is 0.320 e. The van der Waals surface area contributed by atoms with E-state index < -0.39 is 10.8 Å². The molecule has 0 aliphatic rings. The highest BCUT2D eigenvalue weighted by molar-refractivity contribution is 6.36. The number of pyridine rings is 1. The van der Waals surface area contributed by atoms with Gasteiger partial charge >= 0.3 is 0 Å². The molecule has 21 heavy (non-hydrogen) atoms. The molecule has 0 saturated carbocycles. The van der Waals surface area contributed by atoms with Gasteiger partial charge in [-0.05, 0) is 18.2 Å². The van der Waals surface area contributed by atoms with Crippen LogP contribution >= 0.6 is 34.8 Å². The molecule has 1 aromatic carbocycles. The fourth-order valence-electron chi connectivity index (χ4n) is 1.48. The number of anilines is 1. The van der Waals surface area contributed by atoms with E-state index in [2.05, 4.69) is 10.3 Å². The number of hydrogen-bond acceptors (Lipinski definition) is 4. The van der Waals surface area contributed by atoms with Gasteiger partial charge in [-0.1, -0.05) is 34.8 Å². The number of benzene rings is 1. The molecule has 1 amide bonds. The summed E-state index contributed by atoms with van der Waals surface area (Å²) in [5, 5.41) is 13.7. The monoisotopic (exact) mass is 345 g/mol. The molecule has 2 rings (SSSR count). The highest BCUT2D eigenvalue weighted by Crippen LogP contribution is 2.27. The van der Waals surface area contributed by atoms with Crippen molar-refractivity contribution < 1.29 is 9.72 Å². The van der Waals surface area contributed by atoms with Crippen molar-refractivity contribution in [2.24, 2.45) is 0 Å². The van der Waals surface area contributed by atoms with Crippen molar-refractivity contribution >= 4 is 52.1 Å². The number of carbonyl (C=O) groups excluding carboxylic acids is 1. The maximum atomic E-state index is 12.1. The van der Waals surface area contributed by atoms with E-state index in [0.29, 0.717) is 5.02 Å². The molecule has 0 spiro atoms. The Labute approximate surface area is 133 Å². The second-order valence-electron chi connectivity index (χ2n) is 3.87. The van der Waals surface area contributed by atoms with E-state index in [1.807, 2.05) is 0 Å². The molecule has 0 radical (unpaired) electrons. The van der Waals surface area contributed by atoms with Crippen LogP contribution in [0.4, 0.5) is 11.4 Å². The molecule has 9 heteroatoms. The van der Waals surface area contributed by atoms with Gasteiger partial charge in [0.15, 0.2) is 0 Å². The second-order valence-corrected chi connectivity index (χ2v) is 5.07. The summed E-state index contributed by atoms with van der Waals surface area (Å²) in [6.45, 7) is 0. The Morgan fingerprint density at radius 1 is 1.24 bits per heavy atom. The third-order valence-electron chi connectivity index (χ3n) is 2.46. The Hall–Kier alpha value is -1.89. The summed E-state index contributed by atoms with van der Waals surface area (Å²) < 4.78 is 0. The lowest BCUT2D eigenvalue weighted by atomic mass is 10.2. The first-order chi connectivity index (χ1) is 9.88. The van der Waals surface area contributed by atoms with Gasteiger partial charge in [0.05, 0.1) is 21.2 Å². The number of hydrogen-bond donors (Lipinski definition) is 1. The Bertz CT molecular complexity index is 737. The van der Waals surface area contributed by atoms with Crippen molar-refractivity contribution in [2.45, 2.75) is 0 Å². The summed E-state index contributed by atoms with van der Waals surface area (Å²) in [4.78, 5) is 25.7. The molecule has 0 aliphatic heterocycles. The first kappa shape index (κ1) is 15.5. The maximum absolute atomic E-state index is 12.1. The van der Waals surface area contributed by atoms with Crippen LogP contribution < -0.4 is 5.32 Å². The quantitative estimate of drug-likeness (QED) is 0.512. The van der Waals surface area contributed by atoms with Gasteiger partial charge in [0.2, 0.25) is 0 Å². The number of nitro groups is 1. The first-order valence-electron chi connectivity index (χ1n) is 5.45. The number of amides is 1. The van der Waals surface area contributed by atoms with Crippen LogP contribution in [0.5, 0.6) is 0 Å². The molecule has 6 nitrogen and oxygen atoms in total. The van der Waals surface area contributed by atoms with E-state index in [1.165, 1.54) is 12.1 Å². The van der Waals surface area contributed by atoms with Gasteiger partial charge in [-0.2, -0.15) is 0 Å². The molecule has 0 saturated heterocycles. The topological polar surface area (TPSA) is 85.1 Å². The van der Waals surface area contributed by atoms with E-state index in [4.69, 9.17) is 34.8 Å². The van der Waals surface area contributed by atoms with Crippen LogP contribution in [0.2, 0.25) is 15.2 Å². The predicted octanol–water partition coefficient (Wildman–Crippen LogP) is 4.20. The lowest BCUT2D eigenvalue weighted by molar-refractivity contribution is -0.385. The Balaban J connectivity index is 2.34. The lowest BCUT2D eigenvalue weighted by Crippen LogP contribution is -2.13. The van der Waals surface area contributed by atoms with Crippen molar-refractivity contribution in [3.63, 3.8) is 0 Å². The van der Waals surface area contributed by atoms with Gasteiger partial charge in [0.1, 0.15) is 11.3 Å². The minimum Gasteiger partial charge on any atom is -0.320 e. The zero-order valence-corrected chi connectivity index (χ0v) is 12.4. The van der Waals surface area contributed by atoms with E-state index in [0.717, 1.165) is 12.3 Å². The standard InChI is InChI=1S/C12H6Cl3N3O3/c13-6-1-2-9(14)10(3-6)17-12(19)8-4-7(18(20)21)5-16-11(8)15/h1-5H,(H,17,19). The number of aromatic nitrogens is 1. The van der Waals surface area contributed by atoms with Gasteiger partial charge in [0, 0.05) is 11.1 Å². The first-order valence-corrected chi connectivity index (χ1v) is 6.58. The molecular weight excluding hydrogens is 341 g/mol. The summed E-state index contributed by atoms with van der Waals surface area (Å²) in [5.74, 6) is -0.680. The molecule has 108 valence electrons. The van der Waals surface area contributed by atoms with Crippen molar-refractivity contribution in [1.82, 2.24) is 4.98 Å². The van der Waals surface area contributed by atoms with Crippen molar-refractivity contribution in [2.75, 3.05) is 5.32 Å². The van der Waals surface area contributed by atoms with Crippen LogP contribution in [-0.2, 0) is 0 Å². The summed E-state index contributed by atoms with van der Waals surface area (Å²) in [5.41, 5.74) is -0.222. The summed E-state index contributed by atoms with van der Waals surface area (Å²) >= 11 is 17.5. The van der Waals surface area contributed by atoms with Crippen LogP contribution in [0.3, 0.4) is 0 Å². The second kappa shape index (κ2) is 6.26. The van der Waals surface area contributed by atoms with Crippen LogP contribution in [-0.4, -0.2) is 15.8 Å². The third kappa shape index (κ3) is 3.60. The van der Waals surface area contributed by atoms with E-state index in [-0.39, 0.29) is 27.1 Å². The van der Waals surface area contributed by atoms with E-state index in [9.17, 15) is 14.9 Å². The molecule has 0 unspecified atom stereocenters. The van der Waals surface area contributed by atoms with Crippen molar-refractivity contribution in [3.05, 3.63) is 61.3 Å². The number of halogens is 3. The van der Waals surface area contributed by atoms with Gasteiger partial charge in [0.25, 0.3) is 11.6 Å². The molecule has 1 aromatic heterocycles. The molecule has 1 N–H and O–H groups in total. The normalized spacial score (nSPS) is 10.2. The molecule has 1 heterocycles. The average Bonchev–Trinajstić information content (AvgIpc) is 2.43. The summed E-state index contributed by atoms with van der Waals surface area (Å²) in [7, 11) is 0. The predicted molar refractivity (Wildman–Crippen MR) is 80.3 cm³/mol. The van der Waals surface area contributed by atoms with Crippen LogP contribution in [0.15, 0.2) is 30.5 Å². The van der Waals surface area contributed by atoms with Gasteiger partial charge < -0.3 is 5.32 Å². The molecule has 0 fully saturated rings. The van der Waals surface area contributed by atoms with E-state index in [1.54, 1.807) is 6.07 Å². The molecular formula is C12H6Cl3N3O3. The average molecular weight is 347 g/mol. The smallest absolute Gasteiger partial charge is 0.288 e. The lowest BCUT2D eigenvalue weighted by Gasteiger charge is -2.08. The Kier molecular flexibility index (Phi) is 4.62. The fraction of sp³-hybridized carbons (Fsp3) is 0. The van der Waals surface area contributed by atoms with Gasteiger partial charge in [-0.25, -0.2) is 4.98 Å². The number of rotatable bonds is 3. The Morgan fingerprint density at radius 2 is 1.95 bits per heavy atom. The number of nitrogens with one attached hydrogen (secondary N) is 1. The van der Waals surface area contributed by atoms with Crippen LogP contribution in [0, 0.1) is 10.1 Å². The minimum absolute atomic E-state index is 0.137. The summed E-state index contributed by atoms with van der Waals surface area (Å²) in [6, 6.07) is 5.54. The molecule has 2 aromatic rings. The SMILES string of the molecule is O=C(Nc1cc(Cl)ccc1Cl)c1cc([N+](=O)[O-])cnc1Cl. The van der Waals surface area contributed by atoms with Crippen molar-refractivity contribution in [3.8, 4) is 0 Å². The molecule has 0 bridgehead atoms. The zero-order valence-electron chi connectivity index (χ0n) is 10.1. The zero-order chi connectivity index (χ0) is 15.6. The highest BCUT2D eigenvalue weighted by atomic mass is 35.5. The van der Waals surface area contributed by atoms with Gasteiger partial charge in [-0.3, -0.25) is 14.9 Å². The number of carbonyl (C=O) groups is 1. The van der Waals surface area contributed by atoms with Crippen LogP contribution in [0.25, 0.3) is 0 Å². The van der Waals surface area contributed by atoms with Crippen molar-refractivity contribution in [1.29, 1.82) is 0 Å². The molecule has 0 atom stereocenters. The van der Waals surface area contributed by atoms with E-state index >= 15 is 0 Å². The minimum atomic E-state index is -0.680. The van der Waals surface area contributed by atoms with Crippen LogP contribution in [0.1, 0.15) is 10.4 Å².